The Morgan fingerprint density at radius 2 is 1.74 bits per heavy atom. The van der Waals surface area contributed by atoms with Crippen LogP contribution >= 0.6 is 7.60 Å². The average molecular weight is 278 g/mol. The second kappa shape index (κ2) is 5.57. The van der Waals surface area contributed by atoms with Gasteiger partial charge in [0.2, 0.25) is 0 Å². The Hall–Kier alpha value is -1.61. The molecule has 0 aromatic heterocycles. The zero-order chi connectivity index (χ0) is 13.9. The molecule has 2 N–H and O–H groups in total. The fourth-order valence-corrected chi connectivity index (χ4v) is 2.11. The average Bonchev–Trinajstić information content (AvgIpc) is 2.36. The van der Waals surface area contributed by atoms with Gasteiger partial charge in [0.15, 0.2) is 0 Å². The number of phenols is 1. The van der Waals surface area contributed by atoms with Gasteiger partial charge >= 0.3 is 7.60 Å². The van der Waals surface area contributed by atoms with Crippen LogP contribution in [-0.2, 0) is 15.7 Å². The lowest BCUT2D eigenvalue weighted by atomic mass is 10.0. The zero-order valence-electron chi connectivity index (χ0n) is 10.5. The zero-order valence-corrected chi connectivity index (χ0v) is 11.4. The first kappa shape index (κ1) is 13.8. The van der Waals surface area contributed by atoms with Crippen molar-refractivity contribution in [1.82, 2.24) is 0 Å². The molecule has 0 amide bonds. The lowest BCUT2D eigenvalue weighted by Gasteiger charge is -2.08. The van der Waals surface area contributed by atoms with E-state index in [1.54, 1.807) is 18.2 Å². The minimum atomic E-state index is -3.47. The molecular weight excluding hydrogens is 263 g/mol. The highest BCUT2D eigenvalue weighted by molar-refractivity contribution is 7.51. The number of phenolic OH excluding ortho intramolecular Hbond substituents is 1. The molecule has 0 bridgehead atoms. The van der Waals surface area contributed by atoms with Crippen molar-refractivity contribution < 1.29 is 19.1 Å². The molecule has 0 saturated heterocycles. The van der Waals surface area contributed by atoms with Crippen molar-refractivity contribution in [2.75, 3.05) is 6.66 Å². The predicted octanol–water partition coefficient (Wildman–Crippen LogP) is 3.39. The highest BCUT2D eigenvalue weighted by Crippen LogP contribution is 2.37. The van der Waals surface area contributed by atoms with Crippen LogP contribution in [-0.4, -0.2) is 16.7 Å². The maximum Gasteiger partial charge on any atom is 0.325 e. The predicted molar refractivity (Wildman–Crippen MR) is 74.1 cm³/mol. The lowest BCUT2D eigenvalue weighted by molar-refractivity contribution is 0.255. The van der Waals surface area contributed by atoms with Gasteiger partial charge in [-0.1, -0.05) is 30.3 Å². The van der Waals surface area contributed by atoms with E-state index in [1.165, 1.54) is 0 Å². The summed E-state index contributed by atoms with van der Waals surface area (Å²) in [5.74, 6) is 0.201. The van der Waals surface area contributed by atoms with Crippen LogP contribution in [0.1, 0.15) is 5.56 Å². The SMILES string of the molecule is CP(=O)(O)OCc1cccc(-c2cccc(O)c2)c1. The van der Waals surface area contributed by atoms with Crippen molar-refractivity contribution >= 4 is 7.60 Å². The number of benzene rings is 2. The van der Waals surface area contributed by atoms with Gasteiger partial charge < -0.3 is 14.5 Å². The van der Waals surface area contributed by atoms with E-state index in [-0.39, 0.29) is 12.4 Å². The monoisotopic (exact) mass is 278 g/mol. The standard InChI is InChI=1S/C14H15O4P/c1-19(16,17)18-10-11-4-2-5-12(8-11)13-6-3-7-14(15)9-13/h2-9,15H,10H2,1H3,(H,16,17). The van der Waals surface area contributed by atoms with E-state index in [0.29, 0.717) is 0 Å². The summed E-state index contributed by atoms with van der Waals surface area (Å²) in [6.07, 6.45) is 0. The fraction of sp³-hybridized carbons (Fsp3) is 0.143. The number of hydrogen-bond acceptors (Lipinski definition) is 3. The van der Waals surface area contributed by atoms with Crippen molar-refractivity contribution in [2.24, 2.45) is 0 Å². The molecule has 100 valence electrons. The van der Waals surface area contributed by atoms with E-state index in [4.69, 9.17) is 9.42 Å². The van der Waals surface area contributed by atoms with Crippen molar-refractivity contribution in [3.63, 3.8) is 0 Å². The topological polar surface area (TPSA) is 66.8 Å². The van der Waals surface area contributed by atoms with Gasteiger partial charge in [0.25, 0.3) is 0 Å². The van der Waals surface area contributed by atoms with Crippen LogP contribution in [0.2, 0.25) is 0 Å². The van der Waals surface area contributed by atoms with Crippen molar-refractivity contribution in [2.45, 2.75) is 6.61 Å². The van der Waals surface area contributed by atoms with E-state index in [0.717, 1.165) is 23.4 Å². The molecule has 4 nitrogen and oxygen atoms in total. The third kappa shape index (κ3) is 4.21. The van der Waals surface area contributed by atoms with Crippen molar-refractivity contribution in [3.8, 4) is 16.9 Å². The van der Waals surface area contributed by atoms with Gasteiger partial charge in [0.05, 0.1) is 6.61 Å². The summed E-state index contributed by atoms with van der Waals surface area (Å²) >= 11 is 0. The summed E-state index contributed by atoms with van der Waals surface area (Å²) in [6, 6.07) is 14.4. The van der Waals surface area contributed by atoms with Crippen LogP contribution < -0.4 is 0 Å². The van der Waals surface area contributed by atoms with Crippen molar-refractivity contribution in [3.05, 3.63) is 54.1 Å². The summed E-state index contributed by atoms with van der Waals surface area (Å²) in [5.41, 5.74) is 2.60. The Bertz CT molecular complexity index is 618. The van der Waals surface area contributed by atoms with E-state index in [2.05, 4.69) is 0 Å². The van der Waals surface area contributed by atoms with Gasteiger partial charge in [0, 0.05) is 6.66 Å². The van der Waals surface area contributed by atoms with Crippen LogP contribution in [0.4, 0.5) is 0 Å². The highest BCUT2D eigenvalue weighted by atomic mass is 31.2. The molecule has 5 heteroatoms. The third-order valence-electron chi connectivity index (χ3n) is 2.58. The van der Waals surface area contributed by atoms with Gasteiger partial charge in [0.1, 0.15) is 5.75 Å². The first-order chi connectivity index (χ1) is 8.94. The van der Waals surface area contributed by atoms with Gasteiger partial charge in [-0.05, 0) is 34.9 Å². The summed E-state index contributed by atoms with van der Waals surface area (Å²) < 4.78 is 16.0. The molecular formula is C14H15O4P. The molecule has 0 heterocycles. The second-order valence-corrected chi connectivity index (χ2v) is 6.19. The van der Waals surface area contributed by atoms with Gasteiger partial charge in [-0.25, -0.2) is 0 Å². The van der Waals surface area contributed by atoms with Gasteiger partial charge in [-0.3, -0.25) is 4.57 Å². The summed E-state index contributed by atoms with van der Waals surface area (Å²) in [5, 5.41) is 9.46. The molecule has 0 spiro atoms. The molecule has 0 aliphatic carbocycles. The highest BCUT2D eigenvalue weighted by Gasteiger charge is 2.10. The second-order valence-electron chi connectivity index (χ2n) is 4.33. The van der Waals surface area contributed by atoms with Gasteiger partial charge in [-0.2, -0.15) is 0 Å². The summed E-state index contributed by atoms with van der Waals surface area (Å²) in [4.78, 5) is 9.10. The first-order valence-electron chi connectivity index (χ1n) is 5.77. The Kier molecular flexibility index (Phi) is 4.05. The fourth-order valence-electron chi connectivity index (χ4n) is 1.72. The van der Waals surface area contributed by atoms with E-state index in [9.17, 15) is 9.67 Å². The third-order valence-corrected chi connectivity index (χ3v) is 3.19. The van der Waals surface area contributed by atoms with E-state index < -0.39 is 7.60 Å². The van der Waals surface area contributed by atoms with E-state index >= 15 is 0 Å². The largest absolute Gasteiger partial charge is 0.508 e. The smallest absolute Gasteiger partial charge is 0.325 e. The molecule has 2 aromatic carbocycles. The normalized spacial score (nSPS) is 14.0. The molecule has 2 rings (SSSR count). The van der Waals surface area contributed by atoms with E-state index in [1.807, 2.05) is 30.3 Å². The Morgan fingerprint density at radius 3 is 2.37 bits per heavy atom. The Morgan fingerprint density at radius 1 is 1.11 bits per heavy atom. The Balaban J connectivity index is 2.22. The van der Waals surface area contributed by atoms with Crippen molar-refractivity contribution in [1.29, 1.82) is 0 Å². The van der Waals surface area contributed by atoms with Crippen LogP contribution in [0.3, 0.4) is 0 Å². The van der Waals surface area contributed by atoms with Crippen LogP contribution in [0.5, 0.6) is 5.75 Å². The summed E-state index contributed by atoms with van der Waals surface area (Å²) in [7, 11) is -3.47. The molecule has 2 aromatic rings. The molecule has 1 atom stereocenters. The molecule has 0 saturated carbocycles. The number of aromatic hydroxyl groups is 1. The minimum absolute atomic E-state index is 0.0803. The molecule has 19 heavy (non-hydrogen) atoms. The Labute approximate surface area is 111 Å². The molecule has 0 fully saturated rings. The summed E-state index contributed by atoms with van der Waals surface area (Å²) in [6.45, 7) is 1.24. The molecule has 0 aliphatic heterocycles. The van der Waals surface area contributed by atoms with Crippen LogP contribution in [0.25, 0.3) is 11.1 Å². The maximum atomic E-state index is 11.1. The van der Waals surface area contributed by atoms with Crippen LogP contribution in [0.15, 0.2) is 48.5 Å². The maximum absolute atomic E-state index is 11.1. The quantitative estimate of drug-likeness (QED) is 0.841. The first-order valence-corrected chi connectivity index (χ1v) is 7.80. The lowest BCUT2D eigenvalue weighted by Crippen LogP contribution is -1.91. The molecule has 1 unspecified atom stereocenters. The molecule has 0 aliphatic rings. The van der Waals surface area contributed by atoms with Gasteiger partial charge in [-0.15, -0.1) is 0 Å². The number of hydrogen-bond donors (Lipinski definition) is 2. The molecule has 0 radical (unpaired) electrons. The number of rotatable bonds is 4. The minimum Gasteiger partial charge on any atom is -0.508 e. The van der Waals surface area contributed by atoms with Crippen LogP contribution in [0, 0.1) is 0 Å².